The van der Waals surface area contributed by atoms with Crippen molar-refractivity contribution >= 4 is 22.9 Å². The Bertz CT molecular complexity index is 607. The maximum atomic E-state index is 12.8. The van der Waals surface area contributed by atoms with Gasteiger partial charge in [-0.1, -0.05) is 12.1 Å². The number of nitrogens with zero attached hydrogens (tertiary/aromatic N) is 1. The number of amides is 1. The summed E-state index contributed by atoms with van der Waals surface area (Å²) in [6, 6.07) is 4.83. The van der Waals surface area contributed by atoms with Crippen LogP contribution in [0.5, 0.6) is 0 Å². The summed E-state index contributed by atoms with van der Waals surface area (Å²) in [5, 5.41) is 2.25. The number of halogens is 3. The average Bonchev–Trinajstić information content (AvgIpc) is 2.75. The molecule has 1 amide bonds. The van der Waals surface area contributed by atoms with Gasteiger partial charge in [0.05, 0.1) is 16.8 Å². The number of alkyl halides is 3. The van der Waals surface area contributed by atoms with Gasteiger partial charge in [-0.15, -0.1) is 11.3 Å². The smallest absolute Gasteiger partial charge is 0.320 e. The second-order valence-electron chi connectivity index (χ2n) is 3.75. The molecule has 2 aromatic rings. The van der Waals surface area contributed by atoms with Crippen LogP contribution in [0.25, 0.3) is 0 Å². The number of aryl methyl sites for hydroxylation is 1. The average molecular weight is 286 g/mol. The van der Waals surface area contributed by atoms with Crippen molar-refractivity contribution in [2.24, 2.45) is 0 Å². The zero-order valence-electron chi connectivity index (χ0n) is 9.78. The van der Waals surface area contributed by atoms with E-state index >= 15 is 0 Å². The maximum Gasteiger partial charge on any atom is 0.418 e. The highest BCUT2D eigenvalue weighted by Crippen LogP contribution is 2.34. The molecule has 0 aliphatic rings. The van der Waals surface area contributed by atoms with Crippen LogP contribution in [0.4, 0.5) is 18.9 Å². The lowest BCUT2D eigenvalue weighted by Gasteiger charge is -2.13. The predicted octanol–water partition coefficient (Wildman–Crippen LogP) is 3.72. The molecule has 1 aromatic carbocycles. The van der Waals surface area contributed by atoms with Gasteiger partial charge in [0.25, 0.3) is 5.91 Å². The minimum atomic E-state index is -4.51. The summed E-state index contributed by atoms with van der Waals surface area (Å²) in [6.07, 6.45) is -4.51. The van der Waals surface area contributed by atoms with Crippen molar-refractivity contribution in [1.82, 2.24) is 4.98 Å². The molecule has 0 spiro atoms. The molecule has 0 saturated heterocycles. The Kier molecular flexibility index (Phi) is 3.57. The molecule has 0 atom stereocenters. The van der Waals surface area contributed by atoms with Crippen LogP contribution in [0.1, 0.15) is 20.9 Å². The van der Waals surface area contributed by atoms with E-state index in [1.54, 1.807) is 6.92 Å². The van der Waals surface area contributed by atoms with E-state index in [-0.39, 0.29) is 11.4 Å². The highest BCUT2D eigenvalue weighted by Gasteiger charge is 2.33. The van der Waals surface area contributed by atoms with Gasteiger partial charge in [-0.05, 0) is 19.1 Å². The van der Waals surface area contributed by atoms with E-state index in [2.05, 4.69) is 10.3 Å². The van der Waals surface area contributed by atoms with Crippen LogP contribution >= 0.6 is 11.3 Å². The Morgan fingerprint density at radius 2 is 2.00 bits per heavy atom. The van der Waals surface area contributed by atoms with Crippen LogP contribution in [0, 0.1) is 6.92 Å². The summed E-state index contributed by atoms with van der Waals surface area (Å²) >= 11 is 1.26. The van der Waals surface area contributed by atoms with E-state index in [0.29, 0.717) is 4.88 Å². The molecule has 0 aliphatic carbocycles. The number of nitrogens with one attached hydrogen (secondary N) is 1. The molecule has 1 N–H and O–H groups in total. The van der Waals surface area contributed by atoms with Crippen molar-refractivity contribution in [1.29, 1.82) is 0 Å². The Hall–Kier alpha value is -1.89. The first-order chi connectivity index (χ1) is 8.89. The molecule has 0 saturated carbocycles. The van der Waals surface area contributed by atoms with Crippen LogP contribution in [0.15, 0.2) is 29.8 Å². The first-order valence-electron chi connectivity index (χ1n) is 5.27. The SMILES string of the molecule is Cc1scnc1C(=O)Nc1ccccc1C(F)(F)F. The van der Waals surface area contributed by atoms with Gasteiger partial charge in [-0.2, -0.15) is 13.2 Å². The van der Waals surface area contributed by atoms with Gasteiger partial charge < -0.3 is 5.32 Å². The quantitative estimate of drug-likeness (QED) is 0.914. The standard InChI is InChI=1S/C12H9F3N2OS/c1-7-10(16-6-19-7)11(18)17-9-5-3-2-4-8(9)12(13,14)15/h2-6H,1H3,(H,17,18). The molecule has 1 aromatic heterocycles. The number of carbonyl (C=O) groups excluding carboxylic acids is 1. The predicted molar refractivity (Wildman–Crippen MR) is 66.2 cm³/mol. The van der Waals surface area contributed by atoms with Crippen molar-refractivity contribution in [2.45, 2.75) is 13.1 Å². The number of hydrogen-bond donors (Lipinski definition) is 1. The lowest BCUT2D eigenvalue weighted by molar-refractivity contribution is -0.136. The number of aromatic nitrogens is 1. The molecule has 100 valence electrons. The van der Waals surface area contributed by atoms with Crippen molar-refractivity contribution in [3.63, 3.8) is 0 Å². The third-order valence-electron chi connectivity index (χ3n) is 2.44. The van der Waals surface area contributed by atoms with Gasteiger partial charge in [-0.25, -0.2) is 4.98 Å². The highest BCUT2D eigenvalue weighted by molar-refractivity contribution is 7.09. The molecule has 0 bridgehead atoms. The van der Waals surface area contributed by atoms with Crippen LogP contribution in [0.2, 0.25) is 0 Å². The monoisotopic (exact) mass is 286 g/mol. The lowest BCUT2D eigenvalue weighted by Crippen LogP contribution is -2.17. The number of para-hydroxylation sites is 1. The van der Waals surface area contributed by atoms with E-state index in [1.807, 2.05) is 0 Å². The Balaban J connectivity index is 2.30. The molecular formula is C12H9F3N2OS. The topological polar surface area (TPSA) is 42.0 Å². The van der Waals surface area contributed by atoms with Gasteiger partial charge in [-0.3, -0.25) is 4.79 Å². The number of anilines is 1. The second-order valence-corrected chi connectivity index (χ2v) is 4.81. The molecule has 0 radical (unpaired) electrons. The summed E-state index contributed by atoms with van der Waals surface area (Å²) in [5.74, 6) is -0.643. The summed E-state index contributed by atoms with van der Waals surface area (Å²) in [4.78, 5) is 16.3. The molecule has 3 nitrogen and oxygen atoms in total. The van der Waals surface area contributed by atoms with Gasteiger partial charge in [0.2, 0.25) is 0 Å². The van der Waals surface area contributed by atoms with Crippen molar-refractivity contribution in [3.05, 3.63) is 45.9 Å². The molecule has 0 aliphatic heterocycles. The van der Waals surface area contributed by atoms with E-state index in [0.717, 1.165) is 6.07 Å². The van der Waals surface area contributed by atoms with E-state index in [1.165, 1.54) is 35.0 Å². The van der Waals surface area contributed by atoms with Crippen molar-refractivity contribution < 1.29 is 18.0 Å². The Morgan fingerprint density at radius 3 is 2.58 bits per heavy atom. The normalized spacial score (nSPS) is 11.4. The van der Waals surface area contributed by atoms with Gasteiger partial charge in [0, 0.05) is 4.88 Å². The minimum Gasteiger partial charge on any atom is -0.320 e. The third kappa shape index (κ3) is 2.93. The maximum absolute atomic E-state index is 12.8. The Morgan fingerprint density at radius 1 is 1.32 bits per heavy atom. The number of benzene rings is 1. The van der Waals surface area contributed by atoms with Crippen LogP contribution in [-0.2, 0) is 6.18 Å². The fraction of sp³-hybridized carbons (Fsp3) is 0.167. The minimum absolute atomic E-state index is 0.141. The fourth-order valence-electron chi connectivity index (χ4n) is 1.54. The molecule has 7 heteroatoms. The van der Waals surface area contributed by atoms with Gasteiger partial charge in [0.15, 0.2) is 0 Å². The van der Waals surface area contributed by atoms with E-state index in [9.17, 15) is 18.0 Å². The lowest BCUT2D eigenvalue weighted by atomic mass is 10.1. The molecule has 1 heterocycles. The molecular weight excluding hydrogens is 277 g/mol. The van der Waals surface area contributed by atoms with Gasteiger partial charge in [0.1, 0.15) is 5.69 Å². The summed E-state index contributed by atoms with van der Waals surface area (Å²) in [5.41, 5.74) is 0.463. The van der Waals surface area contributed by atoms with Crippen LogP contribution < -0.4 is 5.32 Å². The van der Waals surface area contributed by atoms with Crippen molar-refractivity contribution in [3.8, 4) is 0 Å². The number of carbonyl (C=O) groups is 1. The number of hydrogen-bond acceptors (Lipinski definition) is 3. The summed E-state index contributed by atoms with van der Waals surface area (Å²) in [7, 11) is 0. The van der Waals surface area contributed by atoms with Crippen LogP contribution in [-0.4, -0.2) is 10.9 Å². The molecule has 0 unspecified atom stereocenters. The third-order valence-corrected chi connectivity index (χ3v) is 3.20. The molecule has 2 rings (SSSR count). The van der Waals surface area contributed by atoms with E-state index < -0.39 is 17.6 Å². The fourth-order valence-corrected chi connectivity index (χ4v) is 2.12. The summed E-state index contributed by atoms with van der Waals surface area (Å²) in [6.45, 7) is 1.68. The first-order valence-corrected chi connectivity index (χ1v) is 6.15. The first kappa shape index (κ1) is 13.5. The largest absolute Gasteiger partial charge is 0.418 e. The van der Waals surface area contributed by atoms with Gasteiger partial charge >= 0.3 is 6.18 Å². The number of thiazole rings is 1. The zero-order valence-corrected chi connectivity index (χ0v) is 10.6. The summed E-state index contributed by atoms with van der Waals surface area (Å²) < 4.78 is 38.3. The zero-order chi connectivity index (χ0) is 14.0. The van der Waals surface area contributed by atoms with Crippen LogP contribution in [0.3, 0.4) is 0 Å². The van der Waals surface area contributed by atoms with Crippen molar-refractivity contribution in [2.75, 3.05) is 5.32 Å². The van der Waals surface area contributed by atoms with E-state index in [4.69, 9.17) is 0 Å². The Labute approximate surface area is 111 Å². The molecule has 19 heavy (non-hydrogen) atoms. The molecule has 0 fully saturated rings. The highest BCUT2D eigenvalue weighted by atomic mass is 32.1. The second kappa shape index (κ2) is 5.00. The number of rotatable bonds is 2.